The third kappa shape index (κ3) is 2.82. The Labute approximate surface area is 120 Å². The van der Waals surface area contributed by atoms with Crippen LogP contribution in [0.25, 0.3) is 0 Å². The molecule has 0 bridgehead atoms. The maximum Gasteiger partial charge on any atom is 0.495 e. The van der Waals surface area contributed by atoms with Crippen molar-refractivity contribution in [3.63, 3.8) is 0 Å². The summed E-state index contributed by atoms with van der Waals surface area (Å²) >= 11 is 0. The van der Waals surface area contributed by atoms with E-state index in [9.17, 15) is 4.79 Å². The number of hydrogen-bond acceptors (Lipinski definition) is 4. The van der Waals surface area contributed by atoms with Gasteiger partial charge >= 0.3 is 7.12 Å². The van der Waals surface area contributed by atoms with Gasteiger partial charge in [0.2, 0.25) is 5.56 Å². The summed E-state index contributed by atoms with van der Waals surface area (Å²) in [6.45, 7) is 9.02. The van der Waals surface area contributed by atoms with Crippen LogP contribution >= 0.6 is 0 Å². The van der Waals surface area contributed by atoms with Gasteiger partial charge in [0.05, 0.1) is 17.8 Å². The van der Waals surface area contributed by atoms with E-state index in [1.54, 1.807) is 23.9 Å². The molecule has 0 radical (unpaired) electrons. The molecule has 1 aromatic rings. The van der Waals surface area contributed by atoms with Crippen LogP contribution in [-0.4, -0.2) is 36.6 Å². The molecule has 0 saturated carbocycles. The molecule has 1 saturated heterocycles. The number of pyridine rings is 1. The molecule has 1 aliphatic rings. The van der Waals surface area contributed by atoms with E-state index in [1.807, 2.05) is 33.8 Å². The van der Waals surface area contributed by atoms with E-state index in [1.165, 1.54) is 0 Å². The number of ether oxygens (including phenoxy) is 1. The summed E-state index contributed by atoms with van der Waals surface area (Å²) in [7, 11) is 1.12. The van der Waals surface area contributed by atoms with E-state index < -0.39 is 18.3 Å². The van der Waals surface area contributed by atoms with Gasteiger partial charge < -0.3 is 18.6 Å². The fraction of sp³-hybridized carbons (Fsp3) is 0.643. The topological polar surface area (TPSA) is 49.7 Å². The van der Waals surface area contributed by atoms with Crippen molar-refractivity contribution in [2.24, 2.45) is 0 Å². The lowest BCUT2D eigenvalue weighted by molar-refractivity contribution is 0.00578. The smallest absolute Gasteiger partial charge is 0.399 e. The molecule has 2 heterocycles. The maximum atomic E-state index is 12.0. The molecule has 0 spiro atoms. The SMILES string of the molecule is COCCn1ccc(B2OC(C)(C)C(C)(C)O2)cc1=O. The van der Waals surface area contributed by atoms with Crippen molar-refractivity contribution in [2.45, 2.75) is 45.4 Å². The summed E-state index contributed by atoms with van der Waals surface area (Å²) < 4.78 is 18.4. The molecule has 1 aromatic heterocycles. The average molecular weight is 279 g/mol. The Bertz CT molecular complexity index is 522. The number of hydrogen-bond donors (Lipinski definition) is 0. The standard InChI is InChI=1S/C14H22BNO4/c1-13(2)14(3,4)20-15(19-13)11-6-7-16(8-9-18-5)12(17)10-11/h6-7,10H,8-9H2,1-5H3. The lowest BCUT2D eigenvalue weighted by Gasteiger charge is -2.32. The van der Waals surface area contributed by atoms with Crippen molar-refractivity contribution in [3.8, 4) is 0 Å². The molecule has 6 heteroatoms. The number of rotatable bonds is 4. The minimum absolute atomic E-state index is 0.0748. The maximum absolute atomic E-state index is 12.0. The predicted molar refractivity (Wildman–Crippen MR) is 78.3 cm³/mol. The molecule has 2 rings (SSSR count). The van der Waals surface area contributed by atoms with Gasteiger partial charge in [-0.1, -0.05) is 0 Å². The molecule has 0 N–H and O–H groups in total. The summed E-state index contributed by atoms with van der Waals surface area (Å²) in [5.41, 5.74) is -0.123. The van der Waals surface area contributed by atoms with Crippen LogP contribution in [-0.2, 0) is 20.6 Å². The van der Waals surface area contributed by atoms with Gasteiger partial charge in [-0.3, -0.25) is 4.79 Å². The van der Waals surface area contributed by atoms with E-state index in [4.69, 9.17) is 14.0 Å². The van der Waals surface area contributed by atoms with Crippen LogP contribution in [0.4, 0.5) is 0 Å². The van der Waals surface area contributed by atoms with Crippen molar-refractivity contribution < 1.29 is 14.0 Å². The van der Waals surface area contributed by atoms with E-state index in [-0.39, 0.29) is 5.56 Å². The molecule has 1 aliphatic heterocycles. The lowest BCUT2D eigenvalue weighted by atomic mass is 9.80. The van der Waals surface area contributed by atoms with Crippen LogP contribution < -0.4 is 11.0 Å². The van der Waals surface area contributed by atoms with Crippen LogP contribution in [0, 0.1) is 0 Å². The molecule has 1 fully saturated rings. The Morgan fingerprint density at radius 1 is 1.25 bits per heavy atom. The molecular weight excluding hydrogens is 257 g/mol. The van der Waals surface area contributed by atoms with E-state index in [0.717, 1.165) is 5.46 Å². The summed E-state index contributed by atoms with van der Waals surface area (Å²) in [6, 6.07) is 3.43. The molecule has 0 atom stereocenters. The highest BCUT2D eigenvalue weighted by molar-refractivity contribution is 6.62. The van der Waals surface area contributed by atoms with Gasteiger partial charge in [0.15, 0.2) is 0 Å². The quantitative estimate of drug-likeness (QED) is 0.765. The zero-order valence-electron chi connectivity index (χ0n) is 12.8. The van der Waals surface area contributed by atoms with E-state index in [0.29, 0.717) is 13.2 Å². The summed E-state index contributed by atoms with van der Waals surface area (Å²) in [5.74, 6) is 0. The summed E-state index contributed by atoms with van der Waals surface area (Å²) in [6.07, 6.45) is 1.75. The highest BCUT2D eigenvalue weighted by Gasteiger charge is 2.51. The molecule has 0 unspecified atom stereocenters. The Morgan fingerprint density at radius 3 is 2.35 bits per heavy atom. The fourth-order valence-electron chi connectivity index (χ4n) is 2.02. The Hall–Kier alpha value is -1.11. The van der Waals surface area contributed by atoms with Crippen LogP contribution in [0.2, 0.25) is 0 Å². The minimum Gasteiger partial charge on any atom is -0.399 e. The molecular formula is C14H22BNO4. The first kappa shape index (κ1) is 15.3. The Morgan fingerprint density at radius 2 is 1.85 bits per heavy atom. The first-order valence-corrected chi connectivity index (χ1v) is 6.82. The van der Waals surface area contributed by atoms with Gasteiger partial charge in [-0.2, -0.15) is 0 Å². The Balaban J connectivity index is 2.20. The molecule has 0 amide bonds. The normalized spacial score (nSPS) is 20.4. The second-order valence-corrected chi connectivity index (χ2v) is 6.07. The van der Waals surface area contributed by atoms with Crippen LogP contribution in [0.15, 0.2) is 23.1 Å². The largest absolute Gasteiger partial charge is 0.495 e. The fourth-order valence-corrected chi connectivity index (χ4v) is 2.02. The van der Waals surface area contributed by atoms with Crippen LogP contribution in [0.3, 0.4) is 0 Å². The number of aromatic nitrogens is 1. The van der Waals surface area contributed by atoms with Gasteiger partial charge in [0.25, 0.3) is 0 Å². The average Bonchev–Trinajstić information content (AvgIpc) is 2.57. The van der Waals surface area contributed by atoms with Crippen molar-refractivity contribution in [1.82, 2.24) is 4.57 Å². The number of methoxy groups -OCH3 is 1. The minimum atomic E-state index is -0.496. The van der Waals surface area contributed by atoms with E-state index >= 15 is 0 Å². The third-order valence-corrected chi connectivity index (χ3v) is 4.08. The summed E-state index contributed by atoms with van der Waals surface area (Å²) in [4.78, 5) is 12.0. The lowest BCUT2D eigenvalue weighted by Crippen LogP contribution is -2.41. The van der Waals surface area contributed by atoms with Gasteiger partial charge in [-0.25, -0.2) is 0 Å². The zero-order chi connectivity index (χ0) is 15.0. The highest BCUT2D eigenvalue weighted by atomic mass is 16.7. The molecule has 5 nitrogen and oxygen atoms in total. The first-order chi connectivity index (χ1) is 9.27. The highest BCUT2D eigenvalue weighted by Crippen LogP contribution is 2.36. The van der Waals surface area contributed by atoms with Crippen molar-refractivity contribution in [1.29, 1.82) is 0 Å². The van der Waals surface area contributed by atoms with Crippen molar-refractivity contribution in [3.05, 3.63) is 28.7 Å². The van der Waals surface area contributed by atoms with Gasteiger partial charge in [-0.15, -0.1) is 0 Å². The number of nitrogens with zero attached hydrogens (tertiary/aromatic N) is 1. The first-order valence-electron chi connectivity index (χ1n) is 6.82. The third-order valence-electron chi connectivity index (χ3n) is 4.08. The van der Waals surface area contributed by atoms with Crippen LogP contribution in [0.5, 0.6) is 0 Å². The Kier molecular flexibility index (Phi) is 4.09. The molecule has 20 heavy (non-hydrogen) atoms. The molecule has 110 valence electrons. The second kappa shape index (κ2) is 5.35. The van der Waals surface area contributed by atoms with Crippen LogP contribution in [0.1, 0.15) is 27.7 Å². The van der Waals surface area contributed by atoms with Gasteiger partial charge in [0.1, 0.15) is 0 Å². The van der Waals surface area contributed by atoms with Gasteiger partial charge in [-0.05, 0) is 39.2 Å². The van der Waals surface area contributed by atoms with Crippen molar-refractivity contribution >= 4 is 12.6 Å². The predicted octanol–water partition coefficient (Wildman–Crippen LogP) is 0.794. The van der Waals surface area contributed by atoms with Crippen molar-refractivity contribution in [2.75, 3.05) is 13.7 Å². The van der Waals surface area contributed by atoms with Gasteiger partial charge in [0, 0.05) is 25.9 Å². The molecule has 0 aliphatic carbocycles. The summed E-state index contributed by atoms with van der Waals surface area (Å²) in [5, 5.41) is 0. The second-order valence-electron chi connectivity index (χ2n) is 6.07. The zero-order valence-corrected chi connectivity index (χ0v) is 12.8. The molecule has 0 aromatic carbocycles. The monoisotopic (exact) mass is 279 g/mol. The van der Waals surface area contributed by atoms with E-state index in [2.05, 4.69) is 0 Å².